The smallest absolute Gasteiger partial charge is 0.328 e. The Morgan fingerprint density at radius 3 is 2.48 bits per heavy atom. The summed E-state index contributed by atoms with van der Waals surface area (Å²) in [4.78, 5) is 14.5. The number of hydrogen-bond donors (Lipinski definition) is 0. The second kappa shape index (κ2) is 7.19. The third kappa shape index (κ3) is 3.49. The lowest BCUT2D eigenvalue weighted by molar-refractivity contribution is 0.0935. The Morgan fingerprint density at radius 1 is 1.04 bits per heavy atom. The van der Waals surface area contributed by atoms with E-state index in [0.29, 0.717) is 5.75 Å². The number of ether oxygens (including phenoxy) is 1. The average molecular weight is 369 g/mol. The molecule has 0 amide bonds. The van der Waals surface area contributed by atoms with Crippen LogP contribution < -0.4 is 10.4 Å². The molecule has 4 rings (SSSR count). The third-order valence-corrected chi connectivity index (χ3v) is 5.41. The Kier molecular flexibility index (Phi) is 4.74. The maximum absolute atomic E-state index is 13.7. The van der Waals surface area contributed by atoms with E-state index >= 15 is 0 Å². The van der Waals surface area contributed by atoms with Crippen LogP contribution in [0, 0.1) is 5.82 Å². The standard InChI is InChI=1S/C21H24FN3O2/c1-23-18-8-7-15(13-19(18)24(2)21(23)26)14-25-11-9-16(10-12-25)27-20-6-4-3-5-17(20)22/h3-8,13,16H,9-12,14H2,1-2H3. The molecule has 0 bridgehead atoms. The van der Waals surface area contributed by atoms with Crippen molar-refractivity contribution in [2.75, 3.05) is 13.1 Å². The van der Waals surface area contributed by atoms with Crippen LogP contribution in [0.2, 0.25) is 0 Å². The normalized spacial score (nSPS) is 16.1. The van der Waals surface area contributed by atoms with Crippen molar-refractivity contribution < 1.29 is 9.13 Å². The molecule has 1 aliphatic heterocycles. The number of imidazole rings is 1. The first-order valence-electron chi connectivity index (χ1n) is 9.31. The van der Waals surface area contributed by atoms with Gasteiger partial charge in [0.25, 0.3) is 0 Å². The minimum absolute atomic E-state index is 0.00624. The van der Waals surface area contributed by atoms with Crippen LogP contribution in [0.3, 0.4) is 0 Å². The minimum Gasteiger partial charge on any atom is -0.487 e. The fourth-order valence-corrected chi connectivity index (χ4v) is 3.81. The highest BCUT2D eigenvalue weighted by Crippen LogP contribution is 2.23. The molecule has 142 valence electrons. The summed E-state index contributed by atoms with van der Waals surface area (Å²) in [5, 5.41) is 0. The highest BCUT2D eigenvalue weighted by molar-refractivity contribution is 5.76. The van der Waals surface area contributed by atoms with Gasteiger partial charge in [0.1, 0.15) is 6.10 Å². The lowest BCUT2D eigenvalue weighted by Crippen LogP contribution is -2.37. The summed E-state index contributed by atoms with van der Waals surface area (Å²) in [6.45, 7) is 2.65. The largest absolute Gasteiger partial charge is 0.487 e. The second-order valence-electron chi connectivity index (χ2n) is 7.25. The molecule has 0 saturated carbocycles. The summed E-state index contributed by atoms with van der Waals surface area (Å²) in [5.74, 6) is 0.0353. The molecule has 2 aromatic carbocycles. The molecule has 0 radical (unpaired) electrons. The predicted octanol–water partition coefficient (Wildman–Crippen LogP) is 3.06. The Hall–Kier alpha value is -2.60. The number of aryl methyl sites for hydroxylation is 2. The predicted molar refractivity (Wildman–Crippen MR) is 103 cm³/mol. The summed E-state index contributed by atoms with van der Waals surface area (Å²) < 4.78 is 22.9. The monoisotopic (exact) mass is 369 g/mol. The highest BCUT2D eigenvalue weighted by atomic mass is 19.1. The van der Waals surface area contributed by atoms with E-state index < -0.39 is 0 Å². The fourth-order valence-electron chi connectivity index (χ4n) is 3.81. The van der Waals surface area contributed by atoms with Crippen LogP contribution in [0.15, 0.2) is 47.3 Å². The molecule has 3 aromatic rings. The van der Waals surface area contributed by atoms with Crippen molar-refractivity contribution in [3.63, 3.8) is 0 Å². The Labute approximate surface area is 157 Å². The van der Waals surface area contributed by atoms with Gasteiger partial charge in [-0.25, -0.2) is 9.18 Å². The van der Waals surface area contributed by atoms with Gasteiger partial charge >= 0.3 is 5.69 Å². The topological polar surface area (TPSA) is 39.4 Å². The number of hydrogen-bond acceptors (Lipinski definition) is 3. The van der Waals surface area contributed by atoms with Gasteiger partial charge in [0.05, 0.1) is 11.0 Å². The molecule has 0 spiro atoms. The number of likely N-dealkylation sites (tertiary alicyclic amines) is 1. The minimum atomic E-state index is -0.304. The zero-order chi connectivity index (χ0) is 19.0. The number of para-hydroxylation sites is 1. The third-order valence-electron chi connectivity index (χ3n) is 5.41. The van der Waals surface area contributed by atoms with Gasteiger partial charge in [0.15, 0.2) is 11.6 Å². The van der Waals surface area contributed by atoms with Gasteiger partial charge in [-0.05, 0) is 42.7 Å². The van der Waals surface area contributed by atoms with Crippen molar-refractivity contribution in [3.05, 3.63) is 64.3 Å². The van der Waals surface area contributed by atoms with E-state index in [1.165, 1.54) is 11.6 Å². The molecule has 0 N–H and O–H groups in total. The summed E-state index contributed by atoms with van der Waals surface area (Å²) in [6, 6.07) is 12.8. The second-order valence-corrected chi connectivity index (χ2v) is 7.25. The van der Waals surface area contributed by atoms with Gasteiger partial charge in [-0.2, -0.15) is 0 Å². The van der Waals surface area contributed by atoms with Crippen molar-refractivity contribution in [2.24, 2.45) is 14.1 Å². The quantitative estimate of drug-likeness (QED) is 0.710. The van der Waals surface area contributed by atoms with Crippen LogP contribution >= 0.6 is 0 Å². The van der Waals surface area contributed by atoms with Crippen molar-refractivity contribution in [1.82, 2.24) is 14.0 Å². The molecule has 27 heavy (non-hydrogen) atoms. The average Bonchev–Trinajstić information content (AvgIpc) is 2.89. The molecule has 0 atom stereocenters. The Morgan fingerprint density at radius 2 is 1.74 bits per heavy atom. The van der Waals surface area contributed by atoms with E-state index in [2.05, 4.69) is 17.0 Å². The van der Waals surface area contributed by atoms with Crippen LogP contribution in [0.5, 0.6) is 5.75 Å². The molecule has 1 fully saturated rings. The van der Waals surface area contributed by atoms with E-state index in [0.717, 1.165) is 43.5 Å². The lowest BCUT2D eigenvalue weighted by atomic mass is 10.1. The van der Waals surface area contributed by atoms with Gasteiger partial charge < -0.3 is 4.74 Å². The number of benzene rings is 2. The number of aromatic nitrogens is 2. The Balaban J connectivity index is 1.39. The first-order chi connectivity index (χ1) is 13.0. The van der Waals surface area contributed by atoms with Crippen LogP contribution in [0.1, 0.15) is 18.4 Å². The van der Waals surface area contributed by atoms with Crippen molar-refractivity contribution >= 4 is 11.0 Å². The molecular formula is C21H24FN3O2. The lowest BCUT2D eigenvalue weighted by Gasteiger charge is -2.32. The number of rotatable bonds is 4. The molecule has 6 heteroatoms. The van der Waals surface area contributed by atoms with Gasteiger partial charge in [0.2, 0.25) is 0 Å². The van der Waals surface area contributed by atoms with E-state index in [9.17, 15) is 9.18 Å². The Bertz CT molecular complexity index is 1020. The maximum atomic E-state index is 13.7. The summed E-state index contributed by atoms with van der Waals surface area (Å²) in [6.07, 6.45) is 1.80. The molecular weight excluding hydrogens is 345 g/mol. The molecule has 0 unspecified atom stereocenters. The molecule has 1 aromatic heterocycles. The summed E-state index contributed by atoms with van der Waals surface area (Å²) in [5.41, 5.74) is 3.09. The molecule has 5 nitrogen and oxygen atoms in total. The number of nitrogens with zero attached hydrogens (tertiary/aromatic N) is 3. The number of fused-ring (bicyclic) bond motifs is 1. The maximum Gasteiger partial charge on any atom is 0.328 e. The SMILES string of the molecule is Cn1c(=O)n(C)c2cc(CN3CCC(Oc4ccccc4F)CC3)ccc21. The van der Waals surface area contributed by atoms with E-state index in [1.807, 2.05) is 6.07 Å². The van der Waals surface area contributed by atoms with Crippen LogP contribution in [-0.4, -0.2) is 33.2 Å². The van der Waals surface area contributed by atoms with Crippen LogP contribution in [-0.2, 0) is 20.6 Å². The summed E-state index contributed by atoms with van der Waals surface area (Å²) >= 11 is 0. The zero-order valence-corrected chi connectivity index (χ0v) is 15.7. The highest BCUT2D eigenvalue weighted by Gasteiger charge is 2.21. The first kappa shape index (κ1) is 17.8. The molecule has 2 heterocycles. The molecule has 1 saturated heterocycles. The van der Waals surface area contributed by atoms with E-state index in [-0.39, 0.29) is 17.6 Å². The summed E-state index contributed by atoms with van der Waals surface area (Å²) in [7, 11) is 3.60. The van der Waals surface area contributed by atoms with Crippen molar-refractivity contribution in [3.8, 4) is 5.75 Å². The zero-order valence-electron chi connectivity index (χ0n) is 15.7. The van der Waals surface area contributed by atoms with Gasteiger partial charge in [0, 0.05) is 33.7 Å². The van der Waals surface area contributed by atoms with Gasteiger partial charge in [-0.1, -0.05) is 18.2 Å². The van der Waals surface area contributed by atoms with Crippen molar-refractivity contribution in [1.29, 1.82) is 0 Å². The fraction of sp³-hybridized carbons (Fsp3) is 0.381. The first-order valence-corrected chi connectivity index (χ1v) is 9.31. The van der Waals surface area contributed by atoms with Crippen LogP contribution in [0.25, 0.3) is 11.0 Å². The van der Waals surface area contributed by atoms with Crippen LogP contribution in [0.4, 0.5) is 4.39 Å². The van der Waals surface area contributed by atoms with Crippen molar-refractivity contribution in [2.45, 2.75) is 25.5 Å². The van der Waals surface area contributed by atoms with E-state index in [1.54, 1.807) is 41.4 Å². The number of piperidine rings is 1. The molecule has 0 aliphatic carbocycles. The van der Waals surface area contributed by atoms with Gasteiger partial charge in [-0.15, -0.1) is 0 Å². The number of halogens is 1. The molecule has 1 aliphatic rings. The van der Waals surface area contributed by atoms with E-state index in [4.69, 9.17) is 4.74 Å². The van der Waals surface area contributed by atoms with Gasteiger partial charge in [-0.3, -0.25) is 14.0 Å².